The summed E-state index contributed by atoms with van der Waals surface area (Å²) in [5.74, 6) is -0.703. The molecule has 0 saturated heterocycles. The molecule has 14 heavy (non-hydrogen) atoms. The van der Waals surface area contributed by atoms with Gasteiger partial charge in [0.25, 0.3) is 0 Å². The Morgan fingerprint density at radius 2 is 2.50 bits per heavy atom. The smallest absolute Gasteiger partial charge is 0.334 e. The highest BCUT2D eigenvalue weighted by Crippen LogP contribution is 2.08. The van der Waals surface area contributed by atoms with Crippen molar-refractivity contribution in [2.45, 2.75) is 6.92 Å². The monoisotopic (exact) mass is 193 g/mol. The summed E-state index contributed by atoms with van der Waals surface area (Å²) in [4.78, 5) is 14.8. The minimum absolute atomic E-state index is 0.142. The Hall–Kier alpha value is -1.84. The van der Waals surface area contributed by atoms with Crippen LogP contribution in [-0.4, -0.2) is 22.7 Å². The highest BCUT2D eigenvalue weighted by atomic mass is 16.5. The minimum Gasteiger partial charge on any atom is -0.507 e. The highest BCUT2D eigenvalue weighted by Gasteiger charge is 2.02. The molecule has 0 aliphatic heterocycles. The van der Waals surface area contributed by atoms with E-state index in [1.54, 1.807) is 25.3 Å². The van der Waals surface area contributed by atoms with Crippen LogP contribution in [0, 0.1) is 0 Å². The summed E-state index contributed by atoms with van der Waals surface area (Å²) in [5, 5.41) is 9.44. The molecule has 0 radical (unpaired) electrons. The predicted molar refractivity (Wildman–Crippen MR) is 51.5 cm³/mol. The molecule has 0 fully saturated rings. The molecular weight excluding hydrogens is 182 g/mol. The molecule has 1 N–H and O–H groups in total. The van der Waals surface area contributed by atoms with Crippen molar-refractivity contribution in [3.05, 3.63) is 36.2 Å². The summed E-state index contributed by atoms with van der Waals surface area (Å²) in [5.41, 5.74) is 0.487. The molecule has 0 amide bonds. The van der Waals surface area contributed by atoms with Gasteiger partial charge in [-0.1, -0.05) is 0 Å². The molecule has 0 spiro atoms. The average molecular weight is 193 g/mol. The number of hydrogen-bond donors (Lipinski definition) is 1. The van der Waals surface area contributed by atoms with Gasteiger partial charge in [0.1, 0.15) is 5.76 Å². The van der Waals surface area contributed by atoms with E-state index in [4.69, 9.17) is 0 Å². The fourth-order valence-corrected chi connectivity index (χ4v) is 0.893. The van der Waals surface area contributed by atoms with E-state index in [-0.39, 0.29) is 12.4 Å². The van der Waals surface area contributed by atoms with Crippen LogP contribution in [0.25, 0.3) is 5.76 Å². The number of aliphatic hydroxyl groups is 1. The Kier molecular flexibility index (Phi) is 3.67. The van der Waals surface area contributed by atoms with Gasteiger partial charge in [-0.3, -0.25) is 4.98 Å². The van der Waals surface area contributed by atoms with Gasteiger partial charge in [0, 0.05) is 18.0 Å². The van der Waals surface area contributed by atoms with Gasteiger partial charge in [-0.2, -0.15) is 0 Å². The Morgan fingerprint density at radius 1 is 1.71 bits per heavy atom. The van der Waals surface area contributed by atoms with Crippen LogP contribution in [0.15, 0.2) is 30.6 Å². The van der Waals surface area contributed by atoms with Gasteiger partial charge in [0.2, 0.25) is 0 Å². The molecule has 4 heteroatoms. The molecule has 1 heterocycles. The van der Waals surface area contributed by atoms with E-state index < -0.39 is 5.97 Å². The van der Waals surface area contributed by atoms with Crippen molar-refractivity contribution in [2.24, 2.45) is 0 Å². The first-order chi connectivity index (χ1) is 6.74. The zero-order chi connectivity index (χ0) is 10.4. The van der Waals surface area contributed by atoms with Crippen molar-refractivity contribution >= 4 is 11.7 Å². The standard InChI is InChI=1S/C10H11NO3/c1-2-14-10(13)6-9(12)8-4-3-5-11-7-8/h3-7,12H,2H2,1H3. The van der Waals surface area contributed by atoms with Crippen LogP contribution in [-0.2, 0) is 9.53 Å². The fraction of sp³-hybridized carbons (Fsp3) is 0.200. The van der Waals surface area contributed by atoms with Crippen molar-refractivity contribution < 1.29 is 14.6 Å². The van der Waals surface area contributed by atoms with Crippen LogP contribution in [0.4, 0.5) is 0 Å². The Balaban J connectivity index is 2.75. The fourth-order valence-electron chi connectivity index (χ4n) is 0.893. The second-order valence-corrected chi connectivity index (χ2v) is 2.52. The Labute approximate surface area is 81.9 Å². The molecule has 1 aromatic heterocycles. The lowest BCUT2D eigenvalue weighted by Crippen LogP contribution is -2.00. The number of rotatable bonds is 3. The van der Waals surface area contributed by atoms with Crippen molar-refractivity contribution in [1.82, 2.24) is 4.98 Å². The van der Waals surface area contributed by atoms with E-state index in [1.807, 2.05) is 0 Å². The van der Waals surface area contributed by atoms with Crippen molar-refractivity contribution in [1.29, 1.82) is 0 Å². The second kappa shape index (κ2) is 5.01. The third-order valence-corrected chi connectivity index (χ3v) is 1.50. The number of aromatic nitrogens is 1. The lowest BCUT2D eigenvalue weighted by atomic mass is 10.2. The number of carbonyl (C=O) groups excluding carboxylic acids is 1. The summed E-state index contributed by atoms with van der Waals surface area (Å²) in [6, 6.07) is 3.32. The zero-order valence-electron chi connectivity index (χ0n) is 7.80. The van der Waals surface area contributed by atoms with Crippen LogP contribution in [0.2, 0.25) is 0 Å². The van der Waals surface area contributed by atoms with E-state index in [0.29, 0.717) is 5.56 Å². The van der Waals surface area contributed by atoms with Crippen LogP contribution in [0.1, 0.15) is 12.5 Å². The van der Waals surface area contributed by atoms with Gasteiger partial charge >= 0.3 is 5.97 Å². The van der Waals surface area contributed by atoms with E-state index >= 15 is 0 Å². The van der Waals surface area contributed by atoms with Crippen LogP contribution in [0.5, 0.6) is 0 Å². The second-order valence-electron chi connectivity index (χ2n) is 2.52. The van der Waals surface area contributed by atoms with Gasteiger partial charge in [-0.25, -0.2) is 4.79 Å². The summed E-state index contributed by atoms with van der Waals surface area (Å²) >= 11 is 0. The number of pyridine rings is 1. The topological polar surface area (TPSA) is 59.4 Å². The van der Waals surface area contributed by atoms with E-state index in [2.05, 4.69) is 9.72 Å². The van der Waals surface area contributed by atoms with Crippen LogP contribution < -0.4 is 0 Å². The first kappa shape index (κ1) is 10.2. The molecule has 0 unspecified atom stereocenters. The first-order valence-corrected chi connectivity index (χ1v) is 4.22. The highest BCUT2D eigenvalue weighted by molar-refractivity contribution is 5.89. The van der Waals surface area contributed by atoms with E-state index in [1.165, 1.54) is 6.20 Å². The lowest BCUT2D eigenvalue weighted by molar-refractivity contribution is -0.137. The normalized spacial score (nSPS) is 11.1. The maximum absolute atomic E-state index is 10.9. The lowest BCUT2D eigenvalue weighted by Gasteiger charge is -1.99. The summed E-state index contributed by atoms with van der Waals surface area (Å²) < 4.78 is 4.64. The number of hydrogen-bond acceptors (Lipinski definition) is 4. The van der Waals surface area contributed by atoms with Crippen LogP contribution in [0.3, 0.4) is 0 Å². The van der Waals surface area contributed by atoms with E-state index in [0.717, 1.165) is 6.08 Å². The molecular formula is C10H11NO3. The maximum atomic E-state index is 10.9. The SMILES string of the molecule is CCOC(=O)C=C(O)c1cccnc1. The molecule has 0 aliphatic carbocycles. The molecule has 0 bridgehead atoms. The van der Waals surface area contributed by atoms with Crippen LogP contribution >= 0.6 is 0 Å². The number of aliphatic hydroxyl groups excluding tert-OH is 1. The molecule has 0 aliphatic rings. The Bertz CT molecular complexity index is 332. The first-order valence-electron chi connectivity index (χ1n) is 4.22. The Morgan fingerprint density at radius 3 is 3.07 bits per heavy atom. The van der Waals surface area contributed by atoms with Gasteiger partial charge in [0.15, 0.2) is 0 Å². The van der Waals surface area contributed by atoms with Gasteiger partial charge in [0.05, 0.1) is 12.7 Å². The number of ether oxygens (including phenoxy) is 1. The third kappa shape index (κ3) is 2.90. The summed E-state index contributed by atoms with van der Waals surface area (Å²) in [6.45, 7) is 1.99. The number of carbonyl (C=O) groups is 1. The van der Waals surface area contributed by atoms with Crippen molar-refractivity contribution in [3.63, 3.8) is 0 Å². The van der Waals surface area contributed by atoms with Crippen molar-refractivity contribution in [2.75, 3.05) is 6.61 Å². The van der Waals surface area contributed by atoms with Gasteiger partial charge < -0.3 is 9.84 Å². The zero-order valence-corrected chi connectivity index (χ0v) is 7.80. The number of esters is 1. The van der Waals surface area contributed by atoms with E-state index in [9.17, 15) is 9.90 Å². The van der Waals surface area contributed by atoms with Gasteiger partial charge in [-0.15, -0.1) is 0 Å². The quantitative estimate of drug-likeness (QED) is 0.449. The molecule has 1 aromatic rings. The predicted octanol–water partition coefficient (Wildman–Crippen LogP) is 1.54. The number of nitrogens with zero attached hydrogens (tertiary/aromatic N) is 1. The average Bonchev–Trinajstić information content (AvgIpc) is 2.19. The summed E-state index contributed by atoms with van der Waals surface area (Å²) in [7, 11) is 0. The molecule has 0 atom stereocenters. The molecule has 4 nitrogen and oxygen atoms in total. The molecule has 0 saturated carbocycles. The molecule has 74 valence electrons. The van der Waals surface area contributed by atoms with Crippen molar-refractivity contribution in [3.8, 4) is 0 Å². The molecule has 1 rings (SSSR count). The third-order valence-electron chi connectivity index (χ3n) is 1.50. The summed E-state index contributed by atoms with van der Waals surface area (Å²) in [6.07, 6.45) is 4.08. The largest absolute Gasteiger partial charge is 0.507 e. The maximum Gasteiger partial charge on any atom is 0.334 e. The van der Waals surface area contributed by atoms with Gasteiger partial charge in [-0.05, 0) is 19.1 Å². The molecule has 0 aromatic carbocycles. The minimum atomic E-state index is -0.561.